The Bertz CT molecular complexity index is 1190. The van der Waals surface area contributed by atoms with Gasteiger partial charge in [0, 0.05) is 19.6 Å². The molecule has 1 aromatic rings. The fourth-order valence-corrected chi connectivity index (χ4v) is 5.84. The largest absolute Gasteiger partial charge is 0.416 e. The molecule has 0 aliphatic carbocycles. The first-order chi connectivity index (χ1) is 19.2. The average Bonchev–Trinajstić information content (AvgIpc) is 3.25. The number of hydrogen-bond acceptors (Lipinski definition) is 6. The highest BCUT2D eigenvalue weighted by Gasteiger charge is 2.38. The van der Waals surface area contributed by atoms with E-state index in [1.165, 1.54) is 0 Å². The van der Waals surface area contributed by atoms with Crippen LogP contribution in [0.15, 0.2) is 34.2 Å². The van der Waals surface area contributed by atoms with E-state index in [0.29, 0.717) is 69.0 Å². The summed E-state index contributed by atoms with van der Waals surface area (Å²) in [4.78, 5) is 34.1. The standard InChI is InChI=1S/C27H32F6N4O3S/c1-16(2)22(24(38)37-9-11-40-12-10-37)34-23-21(41-25(39)35-23)13-17-5-7-36(8-6-17)15-18-3-4-19(26(28,29)30)14-20(18)27(31,32)33/h3-4,13-14,16-17,22H,5-12,15H2,1-2H3,(H,34,35,39)/b21-13-/t22-/m0/s1. The molecule has 226 valence electrons. The van der Waals surface area contributed by atoms with Gasteiger partial charge in [-0.25, -0.2) is 0 Å². The van der Waals surface area contributed by atoms with Crippen molar-refractivity contribution in [3.05, 3.63) is 45.9 Å². The molecule has 7 nitrogen and oxygen atoms in total. The summed E-state index contributed by atoms with van der Waals surface area (Å²) in [5.41, 5.74) is -2.82. The first-order valence-electron chi connectivity index (χ1n) is 13.4. The molecule has 3 heterocycles. The number of amides is 2. The molecule has 14 heteroatoms. The first kappa shape index (κ1) is 31.4. The van der Waals surface area contributed by atoms with Gasteiger partial charge in [-0.1, -0.05) is 26.0 Å². The molecule has 4 rings (SSSR count). The lowest BCUT2D eigenvalue weighted by Gasteiger charge is -2.32. The fourth-order valence-electron chi connectivity index (χ4n) is 5.03. The number of likely N-dealkylation sites (tertiary alicyclic amines) is 1. The van der Waals surface area contributed by atoms with Gasteiger partial charge in [0.25, 0.3) is 5.24 Å². The van der Waals surface area contributed by atoms with Crippen LogP contribution < -0.4 is 5.32 Å². The summed E-state index contributed by atoms with van der Waals surface area (Å²) in [6.45, 7) is 6.37. The number of aliphatic imine (C=N–C) groups is 1. The summed E-state index contributed by atoms with van der Waals surface area (Å²) in [5, 5.41) is 2.42. The molecule has 3 aliphatic rings. The Kier molecular flexibility index (Phi) is 9.74. The highest BCUT2D eigenvalue weighted by Crippen LogP contribution is 2.38. The average molecular weight is 607 g/mol. The SMILES string of the molecule is CC(C)[C@H](N=C1NC(=O)S/C1=C\C1CCN(Cc2ccc(C(F)(F)F)cc2C(F)(F)F)CC1)C(=O)N1CCOCC1. The molecule has 3 saturated heterocycles. The topological polar surface area (TPSA) is 74.2 Å². The van der Waals surface area contributed by atoms with Gasteiger partial charge in [0.2, 0.25) is 5.91 Å². The van der Waals surface area contributed by atoms with E-state index in [1.807, 2.05) is 19.9 Å². The van der Waals surface area contributed by atoms with Crippen molar-refractivity contribution in [2.75, 3.05) is 39.4 Å². The fraction of sp³-hybridized carbons (Fsp3) is 0.593. The molecule has 0 aromatic heterocycles. The van der Waals surface area contributed by atoms with Crippen molar-refractivity contribution in [1.82, 2.24) is 15.1 Å². The normalized spacial score (nSPS) is 22.6. The Morgan fingerprint density at radius 1 is 1.10 bits per heavy atom. The van der Waals surface area contributed by atoms with E-state index in [9.17, 15) is 35.9 Å². The van der Waals surface area contributed by atoms with E-state index in [0.717, 1.165) is 17.8 Å². The van der Waals surface area contributed by atoms with Gasteiger partial charge >= 0.3 is 12.4 Å². The van der Waals surface area contributed by atoms with Gasteiger partial charge in [-0.2, -0.15) is 26.3 Å². The zero-order chi connectivity index (χ0) is 29.9. The van der Waals surface area contributed by atoms with Crippen molar-refractivity contribution >= 4 is 28.7 Å². The Labute approximate surface area is 238 Å². The maximum atomic E-state index is 13.6. The summed E-state index contributed by atoms with van der Waals surface area (Å²) in [7, 11) is 0. The van der Waals surface area contributed by atoms with E-state index < -0.39 is 29.5 Å². The second-order valence-electron chi connectivity index (χ2n) is 10.6. The van der Waals surface area contributed by atoms with Crippen LogP contribution in [-0.2, 0) is 28.4 Å². The van der Waals surface area contributed by atoms with Gasteiger partial charge in [-0.3, -0.25) is 19.5 Å². The third-order valence-corrected chi connectivity index (χ3v) is 8.12. The van der Waals surface area contributed by atoms with Crippen molar-refractivity contribution in [3.8, 4) is 0 Å². The molecule has 3 aliphatic heterocycles. The summed E-state index contributed by atoms with van der Waals surface area (Å²) in [6, 6.07) is 1.07. The van der Waals surface area contributed by atoms with Crippen LogP contribution in [0.5, 0.6) is 0 Å². The molecule has 1 N–H and O–H groups in total. The maximum absolute atomic E-state index is 13.6. The lowest BCUT2D eigenvalue weighted by atomic mass is 9.95. The Balaban J connectivity index is 1.44. The summed E-state index contributed by atoms with van der Waals surface area (Å²) >= 11 is 0.985. The molecule has 41 heavy (non-hydrogen) atoms. The molecule has 1 aromatic carbocycles. The number of benzene rings is 1. The quantitative estimate of drug-likeness (QED) is 0.430. The number of ether oxygens (including phenoxy) is 1. The van der Waals surface area contributed by atoms with Crippen LogP contribution >= 0.6 is 11.8 Å². The minimum Gasteiger partial charge on any atom is -0.378 e. The smallest absolute Gasteiger partial charge is 0.378 e. The number of piperidine rings is 1. The zero-order valence-corrected chi connectivity index (χ0v) is 23.5. The van der Waals surface area contributed by atoms with Crippen LogP contribution in [0.2, 0.25) is 0 Å². The molecule has 1 atom stereocenters. The lowest BCUT2D eigenvalue weighted by Crippen LogP contribution is -2.47. The summed E-state index contributed by atoms with van der Waals surface area (Å²) in [5.74, 6) is 0.101. The maximum Gasteiger partial charge on any atom is 0.416 e. The van der Waals surface area contributed by atoms with E-state index in [1.54, 1.807) is 9.80 Å². The highest BCUT2D eigenvalue weighted by molar-refractivity contribution is 8.18. The number of carbonyl (C=O) groups excluding carboxylic acids is 2. The predicted molar refractivity (Wildman–Crippen MR) is 142 cm³/mol. The first-order valence-corrected chi connectivity index (χ1v) is 14.2. The number of halogens is 6. The number of morpholine rings is 1. The number of nitrogens with zero attached hydrogens (tertiary/aromatic N) is 3. The van der Waals surface area contributed by atoms with Crippen molar-refractivity contribution in [2.24, 2.45) is 16.8 Å². The Morgan fingerprint density at radius 2 is 1.76 bits per heavy atom. The van der Waals surface area contributed by atoms with Gasteiger partial charge in [-0.15, -0.1) is 0 Å². The third-order valence-electron chi connectivity index (χ3n) is 7.29. The van der Waals surface area contributed by atoms with E-state index in [4.69, 9.17) is 4.74 Å². The number of carbonyl (C=O) groups is 2. The van der Waals surface area contributed by atoms with Gasteiger partial charge in [0.15, 0.2) is 0 Å². The molecule has 0 spiro atoms. The summed E-state index contributed by atoms with van der Waals surface area (Å²) in [6.07, 6.45) is -6.71. The van der Waals surface area contributed by atoms with E-state index in [2.05, 4.69) is 10.3 Å². The molecule has 2 amide bonds. The van der Waals surface area contributed by atoms with Crippen LogP contribution in [0.1, 0.15) is 43.4 Å². The predicted octanol–water partition coefficient (Wildman–Crippen LogP) is 5.56. The van der Waals surface area contributed by atoms with Gasteiger partial charge in [0.1, 0.15) is 11.9 Å². The number of hydrogen-bond donors (Lipinski definition) is 1. The molecule has 0 unspecified atom stereocenters. The monoisotopic (exact) mass is 606 g/mol. The number of amidine groups is 1. The van der Waals surface area contributed by atoms with Crippen LogP contribution in [0, 0.1) is 11.8 Å². The number of alkyl halides is 6. The van der Waals surface area contributed by atoms with Crippen molar-refractivity contribution in [2.45, 2.75) is 51.6 Å². The van der Waals surface area contributed by atoms with Crippen LogP contribution in [0.3, 0.4) is 0 Å². The van der Waals surface area contributed by atoms with Gasteiger partial charge in [-0.05, 0) is 67.2 Å². The lowest BCUT2D eigenvalue weighted by molar-refractivity contribution is -0.143. The number of thioether (sulfide) groups is 1. The minimum absolute atomic E-state index is 0.00814. The number of allylic oxidation sites excluding steroid dienone is 1. The molecule has 0 radical (unpaired) electrons. The van der Waals surface area contributed by atoms with Crippen LogP contribution in [0.4, 0.5) is 31.1 Å². The number of nitrogens with one attached hydrogen (secondary N) is 1. The second kappa shape index (κ2) is 12.7. The minimum atomic E-state index is -4.91. The van der Waals surface area contributed by atoms with Gasteiger partial charge < -0.3 is 15.0 Å². The van der Waals surface area contributed by atoms with Gasteiger partial charge in [0.05, 0.1) is 29.2 Å². The second-order valence-corrected chi connectivity index (χ2v) is 11.6. The zero-order valence-electron chi connectivity index (χ0n) is 22.6. The van der Waals surface area contributed by atoms with Crippen LogP contribution in [-0.4, -0.2) is 72.2 Å². The van der Waals surface area contributed by atoms with Crippen molar-refractivity contribution < 1.29 is 40.7 Å². The molecule has 0 bridgehead atoms. The molecular weight excluding hydrogens is 574 g/mol. The highest BCUT2D eigenvalue weighted by atomic mass is 32.2. The molecular formula is C27H32F6N4O3S. The molecule has 3 fully saturated rings. The van der Waals surface area contributed by atoms with Crippen molar-refractivity contribution in [3.63, 3.8) is 0 Å². The summed E-state index contributed by atoms with van der Waals surface area (Å²) < 4.78 is 85.0. The van der Waals surface area contributed by atoms with Crippen molar-refractivity contribution in [1.29, 1.82) is 0 Å². The van der Waals surface area contributed by atoms with Crippen LogP contribution in [0.25, 0.3) is 0 Å². The molecule has 0 saturated carbocycles. The van der Waals surface area contributed by atoms with E-state index in [-0.39, 0.29) is 41.2 Å². The number of rotatable bonds is 6. The van der Waals surface area contributed by atoms with E-state index >= 15 is 0 Å². The Morgan fingerprint density at radius 3 is 2.34 bits per heavy atom. The third kappa shape index (κ3) is 8.04. The Hall–Kier alpha value is -2.58.